The van der Waals surface area contributed by atoms with Crippen LogP contribution in [0.5, 0.6) is 0 Å². The Morgan fingerprint density at radius 2 is 2.11 bits per heavy atom. The van der Waals surface area contributed by atoms with E-state index in [0.717, 1.165) is 28.6 Å². The molecule has 0 aliphatic rings. The minimum Gasteiger partial charge on any atom is -0.309 e. The number of aryl methyl sites for hydroxylation is 1. The maximum Gasteiger partial charge on any atom is 0.265 e. The first kappa shape index (κ1) is 14.5. The molecule has 0 aliphatic carbocycles. The van der Waals surface area contributed by atoms with Gasteiger partial charge in [0.25, 0.3) is 5.56 Å². The largest absolute Gasteiger partial charge is 0.309 e. The second-order valence-corrected chi connectivity index (χ2v) is 6.04. The summed E-state index contributed by atoms with van der Waals surface area (Å²) in [6, 6.07) is 8.00. The molecule has 100 valence electrons. The zero-order valence-corrected chi connectivity index (χ0v) is 13.7. The van der Waals surface area contributed by atoms with Gasteiger partial charge < -0.3 is 4.98 Å². The van der Waals surface area contributed by atoms with E-state index in [9.17, 15) is 4.79 Å². The molecule has 0 radical (unpaired) electrons. The van der Waals surface area contributed by atoms with Gasteiger partial charge in [0.15, 0.2) is 0 Å². The fourth-order valence-electron chi connectivity index (χ4n) is 1.88. The minimum atomic E-state index is -0.108. The van der Waals surface area contributed by atoms with Gasteiger partial charge in [-0.1, -0.05) is 41.4 Å². The normalized spacial score (nSPS) is 10.7. The molecule has 2 rings (SSSR count). The topological polar surface area (TPSA) is 45.8 Å². The first-order chi connectivity index (χ1) is 9.10. The van der Waals surface area contributed by atoms with Crippen LogP contribution in [0.1, 0.15) is 30.4 Å². The molecule has 19 heavy (non-hydrogen) atoms. The lowest BCUT2D eigenvalue weighted by molar-refractivity contribution is 0.823. The first-order valence-electron chi connectivity index (χ1n) is 6.12. The summed E-state index contributed by atoms with van der Waals surface area (Å²) in [5.41, 5.74) is 1.84. The number of hydrogen-bond donors (Lipinski definition) is 1. The van der Waals surface area contributed by atoms with Crippen molar-refractivity contribution in [1.29, 1.82) is 0 Å². The van der Waals surface area contributed by atoms with Crippen LogP contribution in [0.25, 0.3) is 0 Å². The summed E-state index contributed by atoms with van der Waals surface area (Å²) in [5, 5.41) is 0. The van der Waals surface area contributed by atoms with Crippen molar-refractivity contribution in [3.63, 3.8) is 0 Å². The number of H-pyrrole nitrogens is 1. The molecule has 2 aromatic rings. The van der Waals surface area contributed by atoms with Crippen LogP contribution in [-0.4, -0.2) is 9.97 Å². The summed E-state index contributed by atoms with van der Waals surface area (Å²) in [6.45, 7) is 2.07. The number of rotatable bonds is 4. The first-order valence-corrected chi connectivity index (χ1v) is 7.70. The van der Waals surface area contributed by atoms with Gasteiger partial charge in [-0.05, 0) is 40.0 Å². The molecular weight excluding hydrogens is 372 g/mol. The van der Waals surface area contributed by atoms with E-state index in [4.69, 9.17) is 0 Å². The fourth-order valence-corrected chi connectivity index (χ4v) is 2.72. The fraction of sp³-hybridized carbons (Fsp3) is 0.286. The molecule has 0 amide bonds. The predicted octanol–water partition coefficient (Wildman–Crippen LogP) is 3.84. The number of aromatic amines is 1. The monoisotopic (exact) mass is 384 g/mol. The highest BCUT2D eigenvalue weighted by molar-refractivity contribution is 9.10. The number of benzene rings is 1. The molecule has 1 N–H and O–H groups in total. The average molecular weight is 386 g/mol. The maximum absolute atomic E-state index is 11.8. The highest BCUT2D eigenvalue weighted by Crippen LogP contribution is 2.15. The van der Waals surface area contributed by atoms with E-state index >= 15 is 0 Å². The molecule has 0 bridgehead atoms. The van der Waals surface area contributed by atoms with Gasteiger partial charge in [-0.3, -0.25) is 4.79 Å². The SMILES string of the molecule is CCCc1nc(Cc2cccc(Br)c2)[nH]c(=O)c1Br. The quantitative estimate of drug-likeness (QED) is 0.868. The van der Waals surface area contributed by atoms with Crippen molar-refractivity contribution in [1.82, 2.24) is 9.97 Å². The Bertz CT molecular complexity index is 638. The van der Waals surface area contributed by atoms with Crippen LogP contribution in [0.2, 0.25) is 0 Å². The predicted molar refractivity (Wildman–Crippen MR) is 83.5 cm³/mol. The van der Waals surface area contributed by atoms with Gasteiger partial charge in [-0.25, -0.2) is 4.98 Å². The maximum atomic E-state index is 11.8. The van der Waals surface area contributed by atoms with E-state index in [0.29, 0.717) is 16.7 Å². The lowest BCUT2D eigenvalue weighted by Gasteiger charge is -2.06. The van der Waals surface area contributed by atoms with Crippen LogP contribution in [-0.2, 0) is 12.8 Å². The molecule has 3 nitrogen and oxygen atoms in total. The second-order valence-electron chi connectivity index (χ2n) is 4.33. The summed E-state index contributed by atoms with van der Waals surface area (Å²) >= 11 is 6.74. The Labute approximate surface area is 128 Å². The van der Waals surface area contributed by atoms with E-state index < -0.39 is 0 Å². The molecular formula is C14H14Br2N2O. The highest BCUT2D eigenvalue weighted by Gasteiger charge is 2.08. The van der Waals surface area contributed by atoms with Gasteiger partial charge >= 0.3 is 0 Å². The molecule has 0 aliphatic heterocycles. The van der Waals surface area contributed by atoms with E-state index in [2.05, 4.69) is 48.8 Å². The smallest absolute Gasteiger partial charge is 0.265 e. The number of nitrogens with one attached hydrogen (secondary N) is 1. The molecule has 0 atom stereocenters. The molecule has 0 spiro atoms. The molecule has 0 saturated heterocycles. The lowest BCUT2D eigenvalue weighted by Crippen LogP contribution is -2.16. The van der Waals surface area contributed by atoms with Crippen molar-refractivity contribution >= 4 is 31.9 Å². The summed E-state index contributed by atoms with van der Waals surface area (Å²) in [7, 11) is 0. The van der Waals surface area contributed by atoms with Crippen LogP contribution in [0.4, 0.5) is 0 Å². The van der Waals surface area contributed by atoms with E-state index in [1.54, 1.807) is 0 Å². The minimum absolute atomic E-state index is 0.108. The van der Waals surface area contributed by atoms with Crippen molar-refractivity contribution in [2.24, 2.45) is 0 Å². The molecule has 1 aromatic heterocycles. The molecule has 0 saturated carbocycles. The second kappa shape index (κ2) is 6.48. The van der Waals surface area contributed by atoms with Gasteiger partial charge in [0, 0.05) is 10.9 Å². The van der Waals surface area contributed by atoms with E-state index in [-0.39, 0.29) is 5.56 Å². The van der Waals surface area contributed by atoms with E-state index in [1.165, 1.54) is 0 Å². The Morgan fingerprint density at radius 3 is 2.79 bits per heavy atom. The summed E-state index contributed by atoms with van der Waals surface area (Å²) in [6.07, 6.45) is 2.39. The van der Waals surface area contributed by atoms with Crippen LogP contribution in [0, 0.1) is 0 Å². The van der Waals surface area contributed by atoms with Crippen molar-refractivity contribution in [2.75, 3.05) is 0 Å². The van der Waals surface area contributed by atoms with Gasteiger partial charge in [0.1, 0.15) is 10.3 Å². The summed E-state index contributed by atoms with van der Waals surface area (Å²) in [5.74, 6) is 0.703. The van der Waals surface area contributed by atoms with Crippen molar-refractivity contribution in [3.8, 4) is 0 Å². The van der Waals surface area contributed by atoms with E-state index in [1.807, 2.05) is 24.3 Å². The third kappa shape index (κ3) is 3.76. The Balaban J connectivity index is 2.33. The summed E-state index contributed by atoms with van der Waals surface area (Å²) in [4.78, 5) is 19.2. The molecule has 5 heteroatoms. The van der Waals surface area contributed by atoms with Gasteiger partial charge in [0.2, 0.25) is 0 Å². The van der Waals surface area contributed by atoms with Gasteiger partial charge in [-0.2, -0.15) is 0 Å². The van der Waals surface area contributed by atoms with Crippen molar-refractivity contribution in [3.05, 3.63) is 60.6 Å². The van der Waals surface area contributed by atoms with Gasteiger partial charge in [0.05, 0.1) is 5.69 Å². The molecule has 0 unspecified atom stereocenters. The number of aromatic nitrogens is 2. The van der Waals surface area contributed by atoms with Crippen molar-refractivity contribution in [2.45, 2.75) is 26.2 Å². The third-order valence-corrected chi connectivity index (χ3v) is 4.04. The molecule has 1 aromatic carbocycles. The number of halogens is 2. The Hall–Kier alpha value is -0.940. The highest BCUT2D eigenvalue weighted by atomic mass is 79.9. The van der Waals surface area contributed by atoms with Crippen LogP contribution >= 0.6 is 31.9 Å². The number of hydrogen-bond acceptors (Lipinski definition) is 2. The molecule has 1 heterocycles. The zero-order valence-electron chi connectivity index (χ0n) is 10.5. The Kier molecular flexibility index (Phi) is 4.93. The standard InChI is InChI=1S/C14H14Br2N2O/c1-2-4-11-13(16)14(19)18-12(17-11)8-9-5-3-6-10(15)7-9/h3,5-7H,2,4,8H2,1H3,(H,17,18,19). The van der Waals surface area contributed by atoms with Crippen molar-refractivity contribution < 1.29 is 0 Å². The number of nitrogens with zero attached hydrogens (tertiary/aromatic N) is 1. The molecule has 0 fully saturated rings. The third-order valence-electron chi connectivity index (χ3n) is 2.73. The van der Waals surface area contributed by atoms with Gasteiger partial charge in [-0.15, -0.1) is 0 Å². The zero-order chi connectivity index (χ0) is 13.8. The van der Waals surface area contributed by atoms with Crippen LogP contribution in [0.15, 0.2) is 38.0 Å². The Morgan fingerprint density at radius 1 is 1.32 bits per heavy atom. The van der Waals surface area contributed by atoms with Crippen LogP contribution in [0.3, 0.4) is 0 Å². The lowest BCUT2D eigenvalue weighted by atomic mass is 10.1. The van der Waals surface area contributed by atoms with Crippen LogP contribution < -0.4 is 5.56 Å². The average Bonchev–Trinajstić information content (AvgIpc) is 2.35. The summed E-state index contributed by atoms with van der Waals surface area (Å²) < 4.78 is 1.57.